The van der Waals surface area contributed by atoms with Crippen LogP contribution in [0, 0.1) is 6.92 Å². The molecule has 1 aromatic heterocycles. The Morgan fingerprint density at radius 3 is 2.74 bits per heavy atom. The van der Waals surface area contributed by atoms with Crippen LogP contribution in [0.2, 0.25) is 0 Å². The highest BCUT2D eigenvalue weighted by atomic mass is 15.1. The molecule has 0 aliphatic heterocycles. The highest BCUT2D eigenvalue weighted by Crippen LogP contribution is 2.14. The van der Waals surface area contributed by atoms with E-state index in [0.717, 1.165) is 37.3 Å². The van der Waals surface area contributed by atoms with E-state index in [1.807, 2.05) is 13.1 Å². The molecular weight excluding hydrogens is 238 g/mol. The van der Waals surface area contributed by atoms with Crippen molar-refractivity contribution >= 4 is 11.8 Å². The van der Waals surface area contributed by atoms with Crippen molar-refractivity contribution in [2.75, 3.05) is 37.8 Å². The Morgan fingerprint density at radius 1 is 1.37 bits per heavy atom. The molecule has 0 fully saturated rings. The lowest BCUT2D eigenvalue weighted by Crippen LogP contribution is -2.24. The van der Waals surface area contributed by atoms with Crippen molar-refractivity contribution in [1.29, 1.82) is 0 Å². The zero-order chi connectivity index (χ0) is 14.3. The molecule has 2 N–H and O–H groups in total. The van der Waals surface area contributed by atoms with Crippen molar-refractivity contribution in [2.45, 2.75) is 39.7 Å². The first-order chi connectivity index (χ1) is 9.02. The monoisotopic (exact) mass is 265 g/mol. The van der Waals surface area contributed by atoms with Crippen LogP contribution < -0.4 is 10.6 Å². The van der Waals surface area contributed by atoms with Gasteiger partial charge < -0.3 is 15.5 Å². The Morgan fingerprint density at radius 2 is 2.11 bits per heavy atom. The normalized spacial score (nSPS) is 12.5. The Hall–Kier alpha value is -1.36. The molecular formula is C14H27N5. The molecule has 1 heterocycles. The fourth-order valence-corrected chi connectivity index (χ4v) is 1.67. The summed E-state index contributed by atoms with van der Waals surface area (Å²) in [6.07, 6.45) is 4.03. The van der Waals surface area contributed by atoms with Crippen LogP contribution in [-0.4, -0.2) is 48.1 Å². The van der Waals surface area contributed by atoms with Gasteiger partial charge in [-0.15, -0.1) is 0 Å². The van der Waals surface area contributed by atoms with Crippen molar-refractivity contribution < 1.29 is 0 Å². The summed E-state index contributed by atoms with van der Waals surface area (Å²) < 4.78 is 0. The van der Waals surface area contributed by atoms with Gasteiger partial charge in [0.05, 0.1) is 0 Å². The number of nitrogens with one attached hydrogen (secondary N) is 2. The highest BCUT2D eigenvalue weighted by Gasteiger charge is 2.08. The van der Waals surface area contributed by atoms with Crippen LogP contribution in [0.25, 0.3) is 0 Å². The summed E-state index contributed by atoms with van der Waals surface area (Å²) in [5.41, 5.74) is 1.08. The van der Waals surface area contributed by atoms with Gasteiger partial charge in [-0.05, 0) is 47.3 Å². The topological polar surface area (TPSA) is 53.1 Å². The third-order valence-electron chi connectivity index (χ3n) is 2.90. The van der Waals surface area contributed by atoms with Gasteiger partial charge in [0.1, 0.15) is 5.82 Å². The molecule has 0 radical (unpaired) electrons. The number of aryl methyl sites for hydroxylation is 1. The summed E-state index contributed by atoms with van der Waals surface area (Å²) in [5, 5.41) is 6.68. The quantitative estimate of drug-likeness (QED) is 0.755. The van der Waals surface area contributed by atoms with Crippen LogP contribution >= 0.6 is 0 Å². The summed E-state index contributed by atoms with van der Waals surface area (Å²) >= 11 is 0. The van der Waals surface area contributed by atoms with Gasteiger partial charge in [0.25, 0.3) is 0 Å². The van der Waals surface area contributed by atoms with Crippen LogP contribution in [0.15, 0.2) is 6.20 Å². The molecule has 0 saturated carbocycles. The van der Waals surface area contributed by atoms with Crippen molar-refractivity contribution in [3.63, 3.8) is 0 Å². The van der Waals surface area contributed by atoms with Gasteiger partial charge in [-0.25, -0.2) is 4.98 Å². The third-order valence-corrected chi connectivity index (χ3v) is 2.90. The molecule has 0 bridgehead atoms. The second-order valence-electron chi connectivity index (χ2n) is 5.29. The Kier molecular flexibility index (Phi) is 6.56. The van der Waals surface area contributed by atoms with Gasteiger partial charge in [0, 0.05) is 24.3 Å². The van der Waals surface area contributed by atoms with Gasteiger partial charge in [0.2, 0.25) is 5.95 Å². The molecule has 0 spiro atoms. The third kappa shape index (κ3) is 5.87. The maximum absolute atomic E-state index is 4.53. The maximum Gasteiger partial charge on any atom is 0.224 e. The largest absolute Gasteiger partial charge is 0.367 e. The molecule has 1 unspecified atom stereocenters. The van der Waals surface area contributed by atoms with Gasteiger partial charge in [-0.2, -0.15) is 4.98 Å². The van der Waals surface area contributed by atoms with Crippen LogP contribution in [0.3, 0.4) is 0 Å². The first-order valence-corrected chi connectivity index (χ1v) is 7.01. The molecule has 19 heavy (non-hydrogen) atoms. The summed E-state index contributed by atoms with van der Waals surface area (Å²) in [4.78, 5) is 11.0. The van der Waals surface area contributed by atoms with E-state index in [1.54, 1.807) is 0 Å². The van der Waals surface area contributed by atoms with Crippen molar-refractivity contribution in [1.82, 2.24) is 14.9 Å². The van der Waals surface area contributed by atoms with E-state index in [0.29, 0.717) is 12.0 Å². The SMILES string of the molecule is CCCNc1ncc(C)c(NC(C)CCN(C)C)n1. The van der Waals surface area contributed by atoms with E-state index < -0.39 is 0 Å². The van der Waals surface area contributed by atoms with Crippen molar-refractivity contribution in [2.24, 2.45) is 0 Å². The van der Waals surface area contributed by atoms with Crippen LogP contribution in [0.1, 0.15) is 32.3 Å². The molecule has 1 atom stereocenters. The Labute approximate surface area is 116 Å². The zero-order valence-corrected chi connectivity index (χ0v) is 12.8. The number of hydrogen-bond acceptors (Lipinski definition) is 5. The molecule has 5 heteroatoms. The molecule has 0 aromatic carbocycles. The Bertz CT molecular complexity index is 378. The van der Waals surface area contributed by atoms with Crippen LogP contribution in [0.4, 0.5) is 11.8 Å². The van der Waals surface area contributed by atoms with E-state index in [9.17, 15) is 0 Å². The van der Waals surface area contributed by atoms with Gasteiger partial charge in [0.15, 0.2) is 0 Å². The van der Waals surface area contributed by atoms with E-state index in [4.69, 9.17) is 0 Å². The first-order valence-electron chi connectivity index (χ1n) is 7.01. The van der Waals surface area contributed by atoms with Crippen LogP contribution in [0.5, 0.6) is 0 Å². The van der Waals surface area contributed by atoms with Crippen molar-refractivity contribution in [3.05, 3.63) is 11.8 Å². The number of aromatic nitrogens is 2. The predicted molar refractivity (Wildman–Crippen MR) is 81.8 cm³/mol. The van der Waals surface area contributed by atoms with Gasteiger partial charge in [-0.3, -0.25) is 0 Å². The first kappa shape index (κ1) is 15.7. The summed E-state index contributed by atoms with van der Waals surface area (Å²) in [5.74, 6) is 1.63. The van der Waals surface area contributed by atoms with E-state index in [-0.39, 0.29) is 0 Å². The van der Waals surface area contributed by atoms with Crippen LogP contribution in [-0.2, 0) is 0 Å². The highest BCUT2D eigenvalue weighted by molar-refractivity contribution is 5.46. The second kappa shape index (κ2) is 7.94. The number of rotatable bonds is 8. The lowest BCUT2D eigenvalue weighted by atomic mass is 10.2. The fourth-order valence-electron chi connectivity index (χ4n) is 1.67. The second-order valence-corrected chi connectivity index (χ2v) is 5.29. The molecule has 0 amide bonds. The Balaban J connectivity index is 2.60. The standard InChI is InChI=1S/C14H27N5/c1-6-8-15-14-16-10-11(2)13(18-14)17-12(3)7-9-19(4)5/h10,12H,6-9H2,1-5H3,(H2,15,16,17,18). The lowest BCUT2D eigenvalue weighted by Gasteiger charge is -2.18. The summed E-state index contributed by atoms with van der Waals surface area (Å²) in [6.45, 7) is 8.32. The number of nitrogens with zero attached hydrogens (tertiary/aromatic N) is 3. The smallest absolute Gasteiger partial charge is 0.224 e. The average Bonchev–Trinajstić information content (AvgIpc) is 2.37. The predicted octanol–water partition coefficient (Wildman–Crippen LogP) is 2.36. The minimum atomic E-state index is 0.398. The van der Waals surface area contributed by atoms with Crippen molar-refractivity contribution in [3.8, 4) is 0 Å². The lowest BCUT2D eigenvalue weighted by molar-refractivity contribution is 0.390. The summed E-state index contributed by atoms with van der Waals surface area (Å²) in [6, 6.07) is 0.398. The molecule has 108 valence electrons. The molecule has 1 aromatic rings. The minimum Gasteiger partial charge on any atom is -0.367 e. The van der Waals surface area contributed by atoms with Gasteiger partial charge in [-0.1, -0.05) is 6.92 Å². The summed E-state index contributed by atoms with van der Waals surface area (Å²) in [7, 11) is 4.19. The molecule has 0 aliphatic carbocycles. The number of anilines is 2. The number of hydrogen-bond donors (Lipinski definition) is 2. The average molecular weight is 265 g/mol. The maximum atomic E-state index is 4.53. The molecule has 0 saturated heterocycles. The van der Waals surface area contributed by atoms with Gasteiger partial charge >= 0.3 is 0 Å². The zero-order valence-electron chi connectivity index (χ0n) is 12.8. The molecule has 1 rings (SSSR count). The van der Waals surface area contributed by atoms with E-state index >= 15 is 0 Å². The van der Waals surface area contributed by atoms with E-state index in [1.165, 1.54) is 0 Å². The minimum absolute atomic E-state index is 0.398. The fraction of sp³-hybridized carbons (Fsp3) is 0.714. The molecule has 0 aliphatic rings. The molecule has 5 nitrogen and oxygen atoms in total. The van der Waals surface area contributed by atoms with E-state index in [2.05, 4.69) is 53.4 Å².